The lowest BCUT2D eigenvalue weighted by atomic mass is 9.53. The van der Waals surface area contributed by atoms with Crippen LogP contribution in [0.3, 0.4) is 0 Å². The zero-order valence-corrected chi connectivity index (χ0v) is 16.5. The zero-order valence-electron chi connectivity index (χ0n) is 15.8. The molecule has 4 fully saturated rings. The maximum atomic E-state index is 6.15. The molecule has 0 aromatic heterocycles. The molecular weight excluding hydrogens is 354 g/mol. The molecule has 0 spiro atoms. The van der Waals surface area contributed by atoms with Crippen LogP contribution in [0.1, 0.15) is 49.7 Å². The minimum Gasteiger partial charge on any atom is -0.489 e. The third-order valence-corrected chi connectivity index (χ3v) is 7.22. The molecule has 4 aliphatic rings. The van der Waals surface area contributed by atoms with Crippen molar-refractivity contribution in [3.63, 3.8) is 0 Å². The van der Waals surface area contributed by atoms with Crippen LogP contribution in [0.15, 0.2) is 48.5 Å². The summed E-state index contributed by atoms with van der Waals surface area (Å²) in [6, 6.07) is 16.4. The first-order valence-corrected chi connectivity index (χ1v) is 10.8. The van der Waals surface area contributed by atoms with E-state index in [0.717, 1.165) is 40.6 Å². The van der Waals surface area contributed by atoms with Gasteiger partial charge >= 0.3 is 0 Å². The minimum atomic E-state index is 0.387. The van der Waals surface area contributed by atoms with Gasteiger partial charge in [0.15, 0.2) is 0 Å². The summed E-state index contributed by atoms with van der Waals surface area (Å²) in [5.74, 6) is 3.91. The summed E-state index contributed by atoms with van der Waals surface area (Å²) in [7, 11) is 0. The molecule has 3 heteroatoms. The van der Waals surface area contributed by atoms with Gasteiger partial charge in [0.1, 0.15) is 12.4 Å². The molecule has 0 aliphatic heterocycles. The molecule has 0 radical (unpaired) electrons. The molecule has 4 bridgehead atoms. The number of hydrogen-bond acceptors (Lipinski definition) is 2. The van der Waals surface area contributed by atoms with Crippen molar-refractivity contribution >= 4 is 11.6 Å². The second-order valence-electron chi connectivity index (χ2n) is 9.07. The molecule has 4 aliphatic carbocycles. The number of ether oxygens (including phenoxy) is 1. The lowest BCUT2D eigenvalue weighted by molar-refractivity contribution is -0.0206. The molecule has 2 aromatic carbocycles. The molecule has 0 amide bonds. The number of halogens is 1. The highest BCUT2D eigenvalue weighted by molar-refractivity contribution is 6.30. The van der Waals surface area contributed by atoms with Crippen LogP contribution in [0.2, 0.25) is 5.02 Å². The Morgan fingerprint density at radius 3 is 2.19 bits per heavy atom. The van der Waals surface area contributed by atoms with Crippen LogP contribution >= 0.6 is 11.6 Å². The van der Waals surface area contributed by atoms with E-state index in [1.54, 1.807) is 0 Å². The van der Waals surface area contributed by atoms with E-state index >= 15 is 0 Å². The van der Waals surface area contributed by atoms with Crippen molar-refractivity contribution in [1.82, 2.24) is 5.32 Å². The van der Waals surface area contributed by atoms with E-state index in [0.29, 0.717) is 12.1 Å². The summed E-state index contributed by atoms with van der Waals surface area (Å²) >= 11 is 5.98. The Kier molecular flexibility index (Phi) is 4.65. The predicted octanol–water partition coefficient (Wildman–Crippen LogP) is 5.98. The van der Waals surface area contributed by atoms with Crippen molar-refractivity contribution in [2.75, 3.05) is 0 Å². The predicted molar refractivity (Wildman–Crippen MR) is 110 cm³/mol. The van der Waals surface area contributed by atoms with Gasteiger partial charge in [0.25, 0.3) is 0 Å². The fraction of sp³-hybridized carbons (Fsp3) is 0.500. The van der Waals surface area contributed by atoms with Gasteiger partial charge in [-0.05, 0) is 80.0 Å². The Bertz CT molecular complexity index is 765. The monoisotopic (exact) mass is 381 g/mol. The average molecular weight is 382 g/mol. The quantitative estimate of drug-likeness (QED) is 0.664. The van der Waals surface area contributed by atoms with E-state index in [1.165, 1.54) is 44.1 Å². The summed E-state index contributed by atoms with van der Waals surface area (Å²) < 4.78 is 6.15. The largest absolute Gasteiger partial charge is 0.489 e. The molecule has 2 nitrogen and oxygen atoms in total. The maximum absolute atomic E-state index is 6.15. The van der Waals surface area contributed by atoms with E-state index in [-0.39, 0.29) is 0 Å². The van der Waals surface area contributed by atoms with Crippen molar-refractivity contribution in [1.29, 1.82) is 0 Å². The maximum Gasteiger partial charge on any atom is 0.124 e. The van der Waals surface area contributed by atoms with E-state index < -0.39 is 0 Å². The summed E-state index contributed by atoms with van der Waals surface area (Å²) in [6.07, 6.45) is 8.61. The molecule has 6 rings (SSSR count). The highest BCUT2D eigenvalue weighted by atomic mass is 35.5. The van der Waals surface area contributed by atoms with Gasteiger partial charge in [-0.25, -0.2) is 0 Å². The first-order chi connectivity index (χ1) is 13.2. The summed E-state index contributed by atoms with van der Waals surface area (Å²) in [4.78, 5) is 0. The van der Waals surface area contributed by atoms with Crippen molar-refractivity contribution in [2.24, 2.45) is 17.8 Å². The highest BCUT2D eigenvalue weighted by Gasteiger charge is 2.50. The van der Waals surface area contributed by atoms with E-state index in [2.05, 4.69) is 29.6 Å². The van der Waals surface area contributed by atoms with E-state index in [9.17, 15) is 0 Å². The second-order valence-corrected chi connectivity index (χ2v) is 9.51. The van der Waals surface area contributed by atoms with Crippen LogP contribution in [0.4, 0.5) is 0 Å². The standard InChI is InChI=1S/C24H28ClNO/c25-22-7-5-17(6-8-22)16-27-23-4-2-1-3-21(23)15-26-24-12-18-9-19(13-24)11-20(10-18)14-24/h1-8,18-20,26H,9-16H2. The molecular formula is C24H28ClNO. The molecule has 4 saturated carbocycles. The Morgan fingerprint density at radius 2 is 1.52 bits per heavy atom. The van der Waals surface area contributed by atoms with Crippen molar-refractivity contribution < 1.29 is 4.74 Å². The van der Waals surface area contributed by atoms with Crippen LogP contribution in [0, 0.1) is 17.8 Å². The van der Waals surface area contributed by atoms with Crippen LogP contribution in [0.25, 0.3) is 0 Å². The molecule has 142 valence electrons. The molecule has 0 atom stereocenters. The Balaban J connectivity index is 1.25. The summed E-state index contributed by atoms with van der Waals surface area (Å²) in [5, 5.41) is 4.76. The topological polar surface area (TPSA) is 21.3 Å². The average Bonchev–Trinajstić information content (AvgIpc) is 2.66. The number of benzene rings is 2. The Hall–Kier alpha value is -1.51. The van der Waals surface area contributed by atoms with Gasteiger partial charge in [0.2, 0.25) is 0 Å². The summed E-state index contributed by atoms with van der Waals surface area (Å²) in [5.41, 5.74) is 2.79. The third-order valence-electron chi connectivity index (χ3n) is 6.97. The summed E-state index contributed by atoms with van der Waals surface area (Å²) in [6.45, 7) is 1.48. The first kappa shape index (κ1) is 17.6. The van der Waals surface area contributed by atoms with Crippen LogP contribution in [-0.2, 0) is 13.2 Å². The molecule has 0 heterocycles. The van der Waals surface area contributed by atoms with Gasteiger partial charge in [0, 0.05) is 22.7 Å². The number of para-hydroxylation sites is 1. The number of hydrogen-bond donors (Lipinski definition) is 1. The van der Waals surface area contributed by atoms with Crippen LogP contribution in [-0.4, -0.2) is 5.54 Å². The second kappa shape index (κ2) is 7.14. The normalized spacial score (nSPS) is 31.2. The minimum absolute atomic E-state index is 0.387. The molecule has 27 heavy (non-hydrogen) atoms. The Labute approximate surface area is 167 Å². The van der Waals surface area contributed by atoms with Crippen molar-refractivity contribution in [3.05, 3.63) is 64.7 Å². The van der Waals surface area contributed by atoms with Gasteiger partial charge in [-0.3, -0.25) is 0 Å². The van der Waals surface area contributed by atoms with Gasteiger partial charge in [-0.2, -0.15) is 0 Å². The number of rotatable bonds is 6. The van der Waals surface area contributed by atoms with Crippen LogP contribution in [0.5, 0.6) is 5.75 Å². The van der Waals surface area contributed by atoms with Gasteiger partial charge in [0.05, 0.1) is 0 Å². The zero-order chi connectivity index (χ0) is 18.3. The van der Waals surface area contributed by atoms with Crippen molar-refractivity contribution in [2.45, 2.75) is 57.2 Å². The first-order valence-electron chi connectivity index (χ1n) is 10.4. The van der Waals surface area contributed by atoms with E-state index in [4.69, 9.17) is 16.3 Å². The van der Waals surface area contributed by atoms with Gasteiger partial charge in [-0.15, -0.1) is 0 Å². The van der Waals surface area contributed by atoms with Crippen LogP contribution < -0.4 is 10.1 Å². The fourth-order valence-corrected chi connectivity index (χ4v) is 6.27. The SMILES string of the molecule is Clc1ccc(COc2ccccc2CNC23CC4CC(CC(C4)C2)C3)cc1. The third kappa shape index (κ3) is 3.75. The molecule has 2 aromatic rings. The molecule has 0 saturated heterocycles. The molecule has 0 unspecified atom stereocenters. The molecule has 1 N–H and O–H groups in total. The van der Waals surface area contributed by atoms with Gasteiger partial charge < -0.3 is 10.1 Å². The lowest BCUT2D eigenvalue weighted by Gasteiger charge is -2.57. The van der Waals surface area contributed by atoms with E-state index in [1.807, 2.05) is 24.3 Å². The fourth-order valence-electron chi connectivity index (χ4n) is 6.14. The smallest absolute Gasteiger partial charge is 0.124 e. The number of nitrogens with one attached hydrogen (secondary N) is 1. The Morgan fingerprint density at radius 1 is 0.889 bits per heavy atom. The van der Waals surface area contributed by atoms with Crippen molar-refractivity contribution in [3.8, 4) is 5.75 Å². The van der Waals surface area contributed by atoms with Gasteiger partial charge in [-0.1, -0.05) is 41.9 Å². The lowest BCUT2D eigenvalue weighted by Crippen LogP contribution is -2.58. The highest BCUT2D eigenvalue weighted by Crippen LogP contribution is 2.55.